The summed E-state index contributed by atoms with van der Waals surface area (Å²) in [6.07, 6.45) is 6.45. The van der Waals surface area contributed by atoms with Crippen LogP contribution in [0.3, 0.4) is 0 Å². The first kappa shape index (κ1) is 14.6. The molecule has 0 amide bonds. The Morgan fingerprint density at radius 3 is 2.26 bits per heavy atom. The second-order valence-corrected chi connectivity index (χ2v) is 6.47. The molecule has 106 valence electrons. The van der Waals surface area contributed by atoms with Gasteiger partial charge in [-0.1, -0.05) is 45.0 Å². The lowest BCUT2D eigenvalue weighted by Gasteiger charge is -2.25. The van der Waals surface area contributed by atoms with E-state index in [4.69, 9.17) is 0 Å². The van der Waals surface area contributed by atoms with Crippen molar-refractivity contribution in [1.29, 1.82) is 0 Å². The number of nitrogens with one attached hydrogen (secondary N) is 1. The Kier molecular flexibility index (Phi) is 5.45. The Hall–Kier alpha value is -0.820. The maximum Gasteiger partial charge on any atom is 0.0102 e. The second kappa shape index (κ2) is 7.09. The molecule has 0 aliphatic heterocycles. The van der Waals surface area contributed by atoms with Crippen LogP contribution in [0.1, 0.15) is 51.2 Å². The molecule has 1 nitrogen and oxygen atoms in total. The van der Waals surface area contributed by atoms with Crippen LogP contribution in [0.15, 0.2) is 24.3 Å². The van der Waals surface area contributed by atoms with Crippen molar-refractivity contribution in [3.8, 4) is 0 Å². The number of fused-ring (bicyclic) bond motifs is 1. The van der Waals surface area contributed by atoms with E-state index in [2.05, 4.69) is 50.4 Å². The lowest BCUT2D eigenvalue weighted by molar-refractivity contribution is 0.324. The molecule has 2 rings (SSSR count). The molecule has 1 heteroatoms. The third kappa shape index (κ3) is 4.07. The molecule has 1 aliphatic carbocycles. The van der Waals surface area contributed by atoms with E-state index in [-0.39, 0.29) is 0 Å². The lowest BCUT2D eigenvalue weighted by Crippen LogP contribution is -2.37. The predicted octanol–water partition coefficient (Wildman–Crippen LogP) is 4.21. The molecule has 0 spiro atoms. The smallest absolute Gasteiger partial charge is 0.0102 e. The minimum atomic E-state index is 0.703. The maximum absolute atomic E-state index is 3.80. The van der Waals surface area contributed by atoms with E-state index in [0.29, 0.717) is 6.04 Å². The van der Waals surface area contributed by atoms with Gasteiger partial charge in [0.2, 0.25) is 0 Å². The Labute approximate surface area is 118 Å². The summed E-state index contributed by atoms with van der Waals surface area (Å²) in [7, 11) is 0. The third-order valence-corrected chi connectivity index (χ3v) is 4.36. The molecule has 0 heterocycles. The molecule has 19 heavy (non-hydrogen) atoms. The fraction of sp³-hybridized carbons (Fsp3) is 0.667. The Balaban J connectivity index is 1.96. The first-order valence-electron chi connectivity index (χ1n) is 8.00. The van der Waals surface area contributed by atoms with Gasteiger partial charge >= 0.3 is 0 Å². The van der Waals surface area contributed by atoms with E-state index in [9.17, 15) is 0 Å². The van der Waals surface area contributed by atoms with Crippen molar-refractivity contribution in [2.24, 2.45) is 11.8 Å². The van der Waals surface area contributed by atoms with Crippen molar-refractivity contribution in [3.05, 3.63) is 35.4 Å². The van der Waals surface area contributed by atoms with Crippen molar-refractivity contribution in [3.63, 3.8) is 0 Å². The molecule has 0 aromatic heterocycles. The van der Waals surface area contributed by atoms with Crippen LogP contribution in [-0.4, -0.2) is 12.6 Å². The topological polar surface area (TPSA) is 12.0 Å². The van der Waals surface area contributed by atoms with Gasteiger partial charge < -0.3 is 5.32 Å². The molecular formula is C18H29N. The van der Waals surface area contributed by atoms with Crippen LogP contribution in [-0.2, 0) is 12.8 Å². The van der Waals surface area contributed by atoms with Crippen molar-refractivity contribution < 1.29 is 0 Å². The highest BCUT2D eigenvalue weighted by atomic mass is 14.9. The maximum atomic E-state index is 3.80. The highest BCUT2D eigenvalue weighted by Crippen LogP contribution is 2.30. The van der Waals surface area contributed by atoms with E-state index < -0.39 is 0 Å². The number of hydrogen-bond acceptors (Lipinski definition) is 1. The van der Waals surface area contributed by atoms with Gasteiger partial charge in [-0.15, -0.1) is 0 Å². The van der Waals surface area contributed by atoms with Crippen LogP contribution in [0.5, 0.6) is 0 Å². The van der Waals surface area contributed by atoms with Crippen LogP contribution in [0, 0.1) is 11.8 Å². The summed E-state index contributed by atoms with van der Waals surface area (Å²) in [5.74, 6) is 1.62. The van der Waals surface area contributed by atoms with Gasteiger partial charge in [0.15, 0.2) is 0 Å². The van der Waals surface area contributed by atoms with E-state index in [1.807, 2.05) is 0 Å². The van der Waals surface area contributed by atoms with Gasteiger partial charge in [-0.25, -0.2) is 0 Å². The summed E-state index contributed by atoms with van der Waals surface area (Å²) in [5.41, 5.74) is 3.17. The Bertz CT molecular complexity index is 358. The van der Waals surface area contributed by atoms with Gasteiger partial charge in [-0.3, -0.25) is 0 Å². The highest BCUT2D eigenvalue weighted by molar-refractivity contribution is 5.32. The fourth-order valence-electron chi connectivity index (χ4n) is 3.22. The summed E-state index contributed by atoms with van der Waals surface area (Å²) in [5, 5.41) is 3.80. The molecule has 0 radical (unpaired) electrons. The number of benzene rings is 1. The van der Waals surface area contributed by atoms with Crippen molar-refractivity contribution in [2.45, 2.75) is 58.9 Å². The molecule has 0 bridgehead atoms. The van der Waals surface area contributed by atoms with Gasteiger partial charge in [-0.05, 0) is 61.6 Å². The zero-order valence-corrected chi connectivity index (χ0v) is 12.8. The molecule has 0 saturated carbocycles. The summed E-state index contributed by atoms with van der Waals surface area (Å²) < 4.78 is 0. The molecule has 1 aromatic rings. The number of hydrogen-bond donors (Lipinski definition) is 1. The lowest BCUT2D eigenvalue weighted by atomic mass is 9.90. The van der Waals surface area contributed by atoms with Crippen molar-refractivity contribution in [1.82, 2.24) is 5.32 Å². The van der Waals surface area contributed by atoms with Crippen molar-refractivity contribution in [2.75, 3.05) is 6.54 Å². The molecule has 1 atom stereocenters. The monoisotopic (exact) mass is 259 g/mol. The molecule has 1 aliphatic rings. The summed E-state index contributed by atoms with van der Waals surface area (Å²) in [4.78, 5) is 0. The minimum absolute atomic E-state index is 0.703. The van der Waals surface area contributed by atoms with Gasteiger partial charge in [0.05, 0.1) is 0 Å². The van der Waals surface area contributed by atoms with E-state index in [0.717, 1.165) is 18.4 Å². The summed E-state index contributed by atoms with van der Waals surface area (Å²) in [6, 6.07) is 9.70. The van der Waals surface area contributed by atoms with E-state index in [1.165, 1.54) is 32.1 Å². The normalized spacial score (nSPS) is 16.8. The standard InChI is InChI=1S/C18H29N/c1-4-11-19-18(10-9-14(2)3)17-12-15-7-5-6-8-16(15)13-17/h5-8,14,17-19H,4,9-13H2,1-3H3. The second-order valence-electron chi connectivity index (χ2n) is 6.47. The van der Waals surface area contributed by atoms with E-state index >= 15 is 0 Å². The molecule has 0 fully saturated rings. The molecular weight excluding hydrogens is 230 g/mol. The van der Waals surface area contributed by atoms with Gasteiger partial charge in [0, 0.05) is 6.04 Å². The van der Waals surface area contributed by atoms with Crippen molar-refractivity contribution >= 4 is 0 Å². The van der Waals surface area contributed by atoms with Crippen LogP contribution in [0.25, 0.3) is 0 Å². The van der Waals surface area contributed by atoms with Crippen LogP contribution in [0.2, 0.25) is 0 Å². The zero-order valence-electron chi connectivity index (χ0n) is 12.8. The predicted molar refractivity (Wildman–Crippen MR) is 83.5 cm³/mol. The van der Waals surface area contributed by atoms with Crippen LogP contribution in [0.4, 0.5) is 0 Å². The fourth-order valence-corrected chi connectivity index (χ4v) is 3.22. The minimum Gasteiger partial charge on any atom is -0.314 e. The molecule has 1 aromatic carbocycles. The average molecular weight is 259 g/mol. The first-order chi connectivity index (χ1) is 9.20. The average Bonchev–Trinajstić information content (AvgIpc) is 2.82. The third-order valence-electron chi connectivity index (χ3n) is 4.36. The molecule has 1 unspecified atom stereocenters. The molecule has 1 N–H and O–H groups in total. The van der Waals surface area contributed by atoms with Crippen LogP contribution < -0.4 is 5.32 Å². The van der Waals surface area contributed by atoms with Gasteiger partial charge in [0.1, 0.15) is 0 Å². The Morgan fingerprint density at radius 2 is 1.74 bits per heavy atom. The molecule has 0 saturated heterocycles. The summed E-state index contributed by atoms with van der Waals surface area (Å²) >= 11 is 0. The number of rotatable bonds is 7. The quantitative estimate of drug-likeness (QED) is 0.773. The van der Waals surface area contributed by atoms with Gasteiger partial charge in [0.25, 0.3) is 0 Å². The SMILES string of the molecule is CCCNC(CCC(C)C)C1Cc2ccccc2C1. The zero-order chi connectivity index (χ0) is 13.7. The summed E-state index contributed by atoms with van der Waals surface area (Å²) in [6.45, 7) is 8.09. The Morgan fingerprint density at radius 1 is 1.11 bits per heavy atom. The highest BCUT2D eigenvalue weighted by Gasteiger charge is 2.27. The first-order valence-corrected chi connectivity index (χ1v) is 8.00. The largest absolute Gasteiger partial charge is 0.314 e. The van der Waals surface area contributed by atoms with Gasteiger partial charge in [-0.2, -0.15) is 0 Å². The van der Waals surface area contributed by atoms with E-state index in [1.54, 1.807) is 11.1 Å². The van der Waals surface area contributed by atoms with Crippen LogP contribution >= 0.6 is 0 Å².